The Morgan fingerprint density at radius 1 is 1.05 bits per heavy atom. The fourth-order valence-corrected chi connectivity index (χ4v) is 4.61. The first-order valence-corrected chi connectivity index (χ1v) is 12.5. The molecule has 3 aromatic rings. The molecule has 0 radical (unpaired) electrons. The fraction of sp³-hybridized carbons (Fsp3) is 0.231. The van der Waals surface area contributed by atoms with Crippen LogP contribution in [0.25, 0.3) is 0 Å². The second-order valence-electron chi connectivity index (χ2n) is 8.95. The van der Waals surface area contributed by atoms with Crippen molar-refractivity contribution < 1.29 is 27.6 Å². The van der Waals surface area contributed by atoms with E-state index in [2.05, 4.69) is 10.3 Å². The lowest BCUT2D eigenvalue weighted by atomic mass is 10.0. The summed E-state index contributed by atoms with van der Waals surface area (Å²) in [5.74, 6) is -0.949. The third-order valence-corrected chi connectivity index (χ3v) is 6.99. The molecule has 0 saturated carbocycles. The van der Waals surface area contributed by atoms with Gasteiger partial charge in [-0.2, -0.15) is 13.2 Å². The molecule has 0 spiro atoms. The number of benzene rings is 2. The average Bonchev–Trinajstić information content (AvgIpc) is 3.02. The molecule has 0 atom stereocenters. The van der Waals surface area contributed by atoms with Crippen molar-refractivity contribution in [2.75, 3.05) is 4.90 Å². The number of hydrogen-bond acceptors (Lipinski definition) is 5. The van der Waals surface area contributed by atoms with Crippen LogP contribution in [0.4, 0.5) is 23.7 Å². The SMILES string of the molecule is CC1(C)C(=O)N(c2ccc(SC(F)(F)F)cc2)C(=O)N1Cc1ccncc1C(=O)NCc1ccc(Cl)cc1. The third-order valence-electron chi connectivity index (χ3n) is 6.00. The molecule has 1 fully saturated rings. The van der Waals surface area contributed by atoms with Crippen LogP contribution in [0.2, 0.25) is 5.02 Å². The summed E-state index contributed by atoms with van der Waals surface area (Å²) in [5.41, 5.74) is -4.03. The van der Waals surface area contributed by atoms with Gasteiger partial charge in [0.25, 0.3) is 11.8 Å². The van der Waals surface area contributed by atoms with Crippen LogP contribution in [0.5, 0.6) is 0 Å². The summed E-state index contributed by atoms with van der Waals surface area (Å²) in [7, 11) is 0. The number of halogens is 4. The van der Waals surface area contributed by atoms with E-state index >= 15 is 0 Å². The van der Waals surface area contributed by atoms with Gasteiger partial charge in [-0.05, 0) is 79.2 Å². The number of imide groups is 1. The van der Waals surface area contributed by atoms with Gasteiger partial charge in [-0.1, -0.05) is 23.7 Å². The van der Waals surface area contributed by atoms with Crippen molar-refractivity contribution in [1.29, 1.82) is 0 Å². The summed E-state index contributed by atoms with van der Waals surface area (Å²) < 4.78 is 38.0. The molecule has 198 valence electrons. The van der Waals surface area contributed by atoms with Crippen molar-refractivity contribution in [3.05, 3.63) is 88.7 Å². The second-order valence-corrected chi connectivity index (χ2v) is 10.5. The van der Waals surface area contributed by atoms with Gasteiger partial charge in [-0.15, -0.1) is 0 Å². The summed E-state index contributed by atoms with van der Waals surface area (Å²) in [6.45, 7) is 3.32. The first kappa shape index (κ1) is 27.5. The summed E-state index contributed by atoms with van der Waals surface area (Å²) in [4.78, 5) is 45.8. The lowest BCUT2D eigenvalue weighted by Gasteiger charge is -2.28. The van der Waals surface area contributed by atoms with E-state index in [9.17, 15) is 27.6 Å². The van der Waals surface area contributed by atoms with Crippen LogP contribution >= 0.6 is 23.4 Å². The maximum absolute atomic E-state index is 13.4. The van der Waals surface area contributed by atoms with Crippen LogP contribution in [0.1, 0.15) is 35.3 Å². The Hall–Kier alpha value is -3.57. The van der Waals surface area contributed by atoms with Crippen molar-refractivity contribution in [2.45, 2.75) is 42.9 Å². The molecule has 4 amide bonds. The molecular weight excluding hydrogens is 541 g/mol. The molecule has 2 aromatic carbocycles. The Morgan fingerprint density at radius 3 is 2.34 bits per heavy atom. The van der Waals surface area contributed by atoms with Crippen LogP contribution in [0, 0.1) is 0 Å². The maximum atomic E-state index is 13.4. The van der Waals surface area contributed by atoms with Gasteiger partial charge >= 0.3 is 11.5 Å². The lowest BCUT2D eigenvalue weighted by molar-refractivity contribution is -0.123. The average molecular weight is 563 g/mol. The number of thioether (sulfide) groups is 1. The summed E-state index contributed by atoms with van der Waals surface area (Å²) in [6.07, 6.45) is 2.87. The van der Waals surface area contributed by atoms with Crippen molar-refractivity contribution in [3.63, 3.8) is 0 Å². The van der Waals surface area contributed by atoms with E-state index in [-0.39, 0.29) is 41.0 Å². The third kappa shape index (κ3) is 5.94. The van der Waals surface area contributed by atoms with Gasteiger partial charge < -0.3 is 10.2 Å². The number of carbonyl (C=O) groups is 3. The van der Waals surface area contributed by atoms with Gasteiger partial charge in [0.1, 0.15) is 5.54 Å². The van der Waals surface area contributed by atoms with E-state index in [0.29, 0.717) is 10.6 Å². The van der Waals surface area contributed by atoms with E-state index in [0.717, 1.165) is 10.5 Å². The number of aromatic nitrogens is 1. The molecular formula is C26H22ClF3N4O3S. The van der Waals surface area contributed by atoms with E-state index in [4.69, 9.17) is 11.6 Å². The zero-order chi connectivity index (χ0) is 27.7. The quantitative estimate of drug-likeness (QED) is 0.281. The highest BCUT2D eigenvalue weighted by Gasteiger charge is 2.52. The molecule has 0 unspecified atom stereocenters. The standard InChI is InChI=1S/C26H22ClF3N4O3S/c1-25(2)23(36)34(19-7-9-20(10-8-19)38-26(28,29)30)24(37)33(25)15-17-11-12-31-14-21(17)22(35)32-13-16-3-5-18(27)6-4-16/h3-12,14H,13,15H2,1-2H3,(H,32,35). The zero-order valence-corrected chi connectivity index (χ0v) is 21.8. The van der Waals surface area contributed by atoms with Gasteiger partial charge in [0.05, 0.1) is 11.3 Å². The zero-order valence-electron chi connectivity index (χ0n) is 20.3. The molecule has 4 rings (SSSR count). The highest BCUT2D eigenvalue weighted by Crippen LogP contribution is 2.39. The lowest BCUT2D eigenvalue weighted by Crippen LogP contribution is -2.44. The normalized spacial score (nSPS) is 15.2. The number of carbonyl (C=O) groups excluding carboxylic acids is 3. The number of anilines is 1. The number of nitrogens with one attached hydrogen (secondary N) is 1. The van der Waals surface area contributed by atoms with Gasteiger partial charge in [-0.25, -0.2) is 9.69 Å². The first-order valence-electron chi connectivity index (χ1n) is 11.3. The van der Waals surface area contributed by atoms with Gasteiger partial charge in [0.15, 0.2) is 0 Å². The van der Waals surface area contributed by atoms with E-state index in [1.54, 1.807) is 44.2 Å². The number of pyridine rings is 1. The van der Waals surface area contributed by atoms with Crippen LogP contribution in [-0.4, -0.2) is 38.8 Å². The minimum absolute atomic E-state index is 0.0671. The van der Waals surface area contributed by atoms with Crippen molar-refractivity contribution in [1.82, 2.24) is 15.2 Å². The van der Waals surface area contributed by atoms with Gasteiger partial charge in [-0.3, -0.25) is 14.6 Å². The Morgan fingerprint density at radius 2 is 1.71 bits per heavy atom. The molecule has 12 heteroatoms. The maximum Gasteiger partial charge on any atom is 0.446 e. The molecule has 7 nitrogen and oxygen atoms in total. The molecule has 1 N–H and O–H groups in total. The minimum atomic E-state index is -4.46. The number of hydrogen-bond donors (Lipinski definition) is 1. The molecule has 1 aromatic heterocycles. The smallest absolute Gasteiger partial charge is 0.348 e. The molecule has 0 bridgehead atoms. The molecule has 2 heterocycles. The van der Waals surface area contributed by atoms with Crippen LogP contribution in [0.3, 0.4) is 0 Å². The van der Waals surface area contributed by atoms with E-state index in [1.165, 1.54) is 41.6 Å². The molecule has 0 aliphatic carbocycles. The number of nitrogens with zero attached hydrogens (tertiary/aromatic N) is 3. The molecule has 1 saturated heterocycles. The van der Waals surface area contributed by atoms with Crippen molar-refractivity contribution in [2.24, 2.45) is 0 Å². The predicted octanol–water partition coefficient (Wildman–Crippen LogP) is 6.02. The van der Waals surface area contributed by atoms with Gasteiger partial charge in [0, 0.05) is 35.4 Å². The van der Waals surface area contributed by atoms with E-state index in [1.807, 2.05) is 0 Å². The number of amides is 4. The Balaban J connectivity index is 1.53. The summed E-state index contributed by atoms with van der Waals surface area (Å²) >= 11 is 5.61. The summed E-state index contributed by atoms with van der Waals surface area (Å²) in [6, 6.07) is 12.9. The highest BCUT2D eigenvalue weighted by atomic mass is 35.5. The predicted molar refractivity (Wildman–Crippen MR) is 138 cm³/mol. The van der Waals surface area contributed by atoms with Crippen LogP contribution in [0.15, 0.2) is 71.9 Å². The largest absolute Gasteiger partial charge is 0.446 e. The van der Waals surface area contributed by atoms with Crippen LogP contribution in [-0.2, 0) is 17.9 Å². The highest BCUT2D eigenvalue weighted by molar-refractivity contribution is 8.00. The number of rotatable bonds is 7. The Labute approximate surface area is 226 Å². The van der Waals surface area contributed by atoms with E-state index < -0.39 is 28.9 Å². The summed E-state index contributed by atoms with van der Waals surface area (Å²) in [5, 5.41) is 3.39. The topological polar surface area (TPSA) is 82.6 Å². The van der Waals surface area contributed by atoms with Crippen molar-refractivity contribution in [3.8, 4) is 0 Å². The fourth-order valence-electron chi connectivity index (χ4n) is 3.94. The van der Waals surface area contributed by atoms with Crippen molar-refractivity contribution >= 4 is 46.9 Å². The number of alkyl halides is 3. The first-order chi connectivity index (χ1) is 17.9. The molecule has 1 aliphatic heterocycles. The van der Waals surface area contributed by atoms with Gasteiger partial charge in [0.2, 0.25) is 0 Å². The Bertz CT molecular complexity index is 1370. The Kier molecular flexibility index (Phi) is 7.70. The minimum Gasteiger partial charge on any atom is -0.348 e. The van der Waals surface area contributed by atoms with Crippen LogP contribution < -0.4 is 10.2 Å². The second kappa shape index (κ2) is 10.7. The molecule has 38 heavy (non-hydrogen) atoms. The monoisotopic (exact) mass is 562 g/mol. The number of urea groups is 1. The molecule has 1 aliphatic rings.